The van der Waals surface area contributed by atoms with Crippen molar-refractivity contribution in [1.82, 2.24) is 4.98 Å². The van der Waals surface area contributed by atoms with E-state index >= 15 is 0 Å². The van der Waals surface area contributed by atoms with Gasteiger partial charge in [-0.3, -0.25) is 14.8 Å². The Balaban J connectivity index is 1.61. The number of rotatable bonds is 5. The normalized spacial score (nSPS) is 11.5. The standard InChI is InChI=1S/C23H21N3O3S2/c1-14-8-11-17(12-9-14)31(28,29)26-19-7-5-4-6-18(19)22(27)25-23-24-21-16(3)15(2)10-13-20(21)30-23/h4-13,26H,1-3H3,(H,24,25,27). The number of nitrogens with one attached hydrogen (secondary N) is 2. The van der Waals surface area contributed by atoms with Crippen molar-refractivity contribution in [2.75, 3.05) is 10.0 Å². The van der Waals surface area contributed by atoms with Gasteiger partial charge in [0.15, 0.2) is 5.13 Å². The molecule has 0 aliphatic carbocycles. The van der Waals surface area contributed by atoms with Crippen LogP contribution in [0.2, 0.25) is 0 Å². The summed E-state index contributed by atoms with van der Waals surface area (Å²) in [4.78, 5) is 17.6. The van der Waals surface area contributed by atoms with Gasteiger partial charge in [-0.1, -0.05) is 47.2 Å². The van der Waals surface area contributed by atoms with E-state index in [0.717, 1.165) is 26.9 Å². The molecule has 1 amide bonds. The van der Waals surface area contributed by atoms with Crippen molar-refractivity contribution in [3.8, 4) is 0 Å². The maximum atomic E-state index is 13.0. The molecule has 6 nitrogen and oxygen atoms in total. The van der Waals surface area contributed by atoms with Gasteiger partial charge in [-0.2, -0.15) is 0 Å². The van der Waals surface area contributed by atoms with Crippen molar-refractivity contribution < 1.29 is 13.2 Å². The zero-order chi connectivity index (χ0) is 22.2. The molecule has 158 valence electrons. The van der Waals surface area contributed by atoms with Crippen LogP contribution in [0.5, 0.6) is 0 Å². The minimum atomic E-state index is -3.83. The fourth-order valence-electron chi connectivity index (χ4n) is 3.14. The van der Waals surface area contributed by atoms with Crippen LogP contribution in [-0.4, -0.2) is 19.3 Å². The number of hydrogen-bond donors (Lipinski definition) is 2. The molecular formula is C23H21N3O3S2. The van der Waals surface area contributed by atoms with Crippen LogP contribution >= 0.6 is 11.3 Å². The molecule has 0 radical (unpaired) electrons. The number of sulfonamides is 1. The number of carbonyl (C=O) groups is 1. The first-order chi connectivity index (χ1) is 14.7. The molecule has 4 aromatic rings. The topological polar surface area (TPSA) is 88.2 Å². The van der Waals surface area contributed by atoms with Gasteiger partial charge in [-0.05, 0) is 62.2 Å². The summed E-state index contributed by atoms with van der Waals surface area (Å²) in [5, 5.41) is 3.26. The Kier molecular flexibility index (Phi) is 5.51. The molecule has 0 atom stereocenters. The first-order valence-electron chi connectivity index (χ1n) is 9.61. The van der Waals surface area contributed by atoms with Gasteiger partial charge in [0.25, 0.3) is 15.9 Å². The minimum Gasteiger partial charge on any atom is -0.298 e. The fourth-order valence-corrected chi connectivity index (χ4v) is 5.14. The smallest absolute Gasteiger partial charge is 0.261 e. The van der Waals surface area contributed by atoms with E-state index in [0.29, 0.717) is 5.13 Å². The molecular weight excluding hydrogens is 430 g/mol. The van der Waals surface area contributed by atoms with Gasteiger partial charge in [-0.25, -0.2) is 13.4 Å². The number of carbonyl (C=O) groups excluding carboxylic acids is 1. The molecule has 1 heterocycles. The third kappa shape index (κ3) is 4.30. The van der Waals surface area contributed by atoms with Gasteiger partial charge in [-0.15, -0.1) is 0 Å². The van der Waals surface area contributed by atoms with E-state index in [1.54, 1.807) is 36.4 Å². The van der Waals surface area contributed by atoms with E-state index in [9.17, 15) is 13.2 Å². The number of fused-ring (bicyclic) bond motifs is 1. The monoisotopic (exact) mass is 451 g/mol. The summed E-state index contributed by atoms with van der Waals surface area (Å²) < 4.78 is 29.1. The number of hydrogen-bond acceptors (Lipinski definition) is 5. The highest BCUT2D eigenvalue weighted by Gasteiger charge is 2.19. The number of anilines is 2. The van der Waals surface area contributed by atoms with Crippen LogP contribution in [0.3, 0.4) is 0 Å². The third-order valence-electron chi connectivity index (χ3n) is 5.05. The van der Waals surface area contributed by atoms with Gasteiger partial charge < -0.3 is 0 Å². The van der Waals surface area contributed by atoms with Gasteiger partial charge in [0.05, 0.1) is 26.4 Å². The SMILES string of the molecule is Cc1ccc(S(=O)(=O)Nc2ccccc2C(=O)Nc2nc3c(C)c(C)ccc3s2)cc1. The average molecular weight is 452 g/mol. The lowest BCUT2D eigenvalue weighted by Crippen LogP contribution is -2.18. The lowest BCUT2D eigenvalue weighted by molar-refractivity contribution is 0.102. The molecule has 0 saturated heterocycles. The molecule has 8 heteroatoms. The summed E-state index contributed by atoms with van der Waals surface area (Å²) in [7, 11) is -3.83. The zero-order valence-corrected chi connectivity index (χ0v) is 18.9. The maximum absolute atomic E-state index is 13.0. The predicted octanol–water partition coefficient (Wildman–Crippen LogP) is 5.27. The highest BCUT2D eigenvalue weighted by molar-refractivity contribution is 7.92. The van der Waals surface area contributed by atoms with Crippen LogP contribution in [0.15, 0.2) is 65.6 Å². The van der Waals surface area contributed by atoms with Gasteiger partial charge in [0.1, 0.15) is 0 Å². The van der Waals surface area contributed by atoms with Crippen LogP contribution in [0.1, 0.15) is 27.0 Å². The first kappa shape index (κ1) is 21.0. The van der Waals surface area contributed by atoms with Crippen LogP contribution in [0.4, 0.5) is 10.8 Å². The Bertz CT molecular complexity index is 1390. The van der Waals surface area contributed by atoms with E-state index < -0.39 is 15.9 Å². The zero-order valence-electron chi connectivity index (χ0n) is 17.3. The van der Waals surface area contributed by atoms with Crippen molar-refractivity contribution in [3.63, 3.8) is 0 Å². The predicted molar refractivity (Wildman–Crippen MR) is 125 cm³/mol. The van der Waals surface area contributed by atoms with E-state index in [1.807, 2.05) is 32.9 Å². The number of nitrogens with zero attached hydrogens (tertiary/aromatic N) is 1. The van der Waals surface area contributed by atoms with Crippen molar-refractivity contribution in [1.29, 1.82) is 0 Å². The summed E-state index contributed by atoms with van der Waals surface area (Å²) in [6, 6.07) is 17.0. The van der Waals surface area contributed by atoms with Gasteiger partial charge in [0.2, 0.25) is 0 Å². The number of thiazole rings is 1. The van der Waals surface area contributed by atoms with Crippen molar-refractivity contribution in [3.05, 3.63) is 82.9 Å². The fraction of sp³-hybridized carbons (Fsp3) is 0.130. The van der Waals surface area contributed by atoms with Crippen LogP contribution < -0.4 is 10.0 Å². The molecule has 4 rings (SSSR count). The second-order valence-electron chi connectivity index (χ2n) is 7.29. The second-order valence-corrected chi connectivity index (χ2v) is 10.0. The number of benzene rings is 3. The highest BCUT2D eigenvalue weighted by atomic mass is 32.2. The lowest BCUT2D eigenvalue weighted by atomic mass is 10.1. The number of para-hydroxylation sites is 1. The summed E-state index contributed by atoms with van der Waals surface area (Å²) in [5.41, 5.74) is 4.43. The maximum Gasteiger partial charge on any atom is 0.261 e. The Morgan fingerprint density at radius 3 is 2.39 bits per heavy atom. The van der Waals surface area contributed by atoms with E-state index in [1.165, 1.54) is 23.5 Å². The second kappa shape index (κ2) is 8.13. The number of aryl methyl sites for hydroxylation is 3. The Hall–Kier alpha value is -3.23. The first-order valence-corrected chi connectivity index (χ1v) is 11.9. The molecule has 0 aliphatic heterocycles. The number of aromatic nitrogens is 1. The van der Waals surface area contributed by atoms with Crippen molar-refractivity contribution >= 4 is 48.3 Å². The van der Waals surface area contributed by atoms with Crippen molar-refractivity contribution in [2.24, 2.45) is 0 Å². The Labute approximate surface area is 185 Å². The molecule has 31 heavy (non-hydrogen) atoms. The summed E-state index contributed by atoms with van der Waals surface area (Å²) in [6.07, 6.45) is 0. The molecule has 0 spiro atoms. The highest BCUT2D eigenvalue weighted by Crippen LogP contribution is 2.30. The van der Waals surface area contributed by atoms with Crippen LogP contribution in [-0.2, 0) is 10.0 Å². The quantitative estimate of drug-likeness (QED) is 0.432. The molecule has 3 aromatic carbocycles. The van der Waals surface area contributed by atoms with Crippen molar-refractivity contribution in [2.45, 2.75) is 25.7 Å². The summed E-state index contributed by atoms with van der Waals surface area (Å²) in [6.45, 7) is 5.90. The molecule has 0 unspecified atom stereocenters. The Morgan fingerprint density at radius 2 is 1.65 bits per heavy atom. The molecule has 0 saturated carbocycles. The summed E-state index contributed by atoms with van der Waals surface area (Å²) in [5.74, 6) is -0.435. The lowest BCUT2D eigenvalue weighted by Gasteiger charge is -2.12. The molecule has 0 fully saturated rings. The van der Waals surface area contributed by atoms with Gasteiger partial charge >= 0.3 is 0 Å². The Morgan fingerprint density at radius 1 is 0.935 bits per heavy atom. The molecule has 2 N–H and O–H groups in total. The number of amides is 1. The van der Waals surface area contributed by atoms with Crippen LogP contribution in [0, 0.1) is 20.8 Å². The van der Waals surface area contributed by atoms with E-state index in [4.69, 9.17) is 0 Å². The minimum absolute atomic E-state index is 0.130. The van der Waals surface area contributed by atoms with E-state index in [-0.39, 0.29) is 16.1 Å². The summed E-state index contributed by atoms with van der Waals surface area (Å²) >= 11 is 1.38. The molecule has 0 aliphatic rings. The largest absolute Gasteiger partial charge is 0.298 e. The molecule has 0 bridgehead atoms. The third-order valence-corrected chi connectivity index (χ3v) is 7.37. The average Bonchev–Trinajstić information content (AvgIpc) is 3.14. The van der Waals surface area contributed by atoms with E-state index in [2.05, 4.69) is 15.0 Å². The van der Waals surface area contributed by atoms with Gasteiger partial charge in [0, 0.05) is 0 Å². The molecule has 1 aromatic heterocycles. The van der Waals surface area contributed by atoms with Crippen LogP contribution in [0.25, 0.3) is 10.2 Å².